The second kappa shape index (κ2) is 6.04. The van der Waals surface area contributed by atoms with Crippen molar-refractivity contribution in [1.82, 2.24) is 5.32 Å². The Morgan fingerprint density at radius 1 is 1.26 bits per heavy atom. The number of benzene rings is 1. The molecule has 0 aromatic heterocycles. The molecule has 0 bridgehead atoms. The Labute approximate surface area is 115 Å². The van der Waals surface area contributed by atoms with Crippen LogP contribution in [-0.4, -0.2) is 32.9 Å². The standard InChI is InChI=1S/C16H23NO2/c1-17-15(13-6-4-9-18-11-13)16-14-7-3-2-5-12(14)8-10-19-16/h2-3,5,7,13,15-17H,4,6,8-11H2,1H3. The molecule has 1 N–H and O–H groups in total. The van der Waals surface area contributed by atoms with Gasteiger partial charge < -0.3 is 14.8 Å². The lowest BCUT2D eigenvalue weighted by molar-refractivity contribution is -0.0316. The monoisotopic (exact) mass is 261 g/mol. The lowest BCUT2D eigenvalue weighted by Gasteiger charge is -2.38. The van der Waals surface area contributed by atoms with Crippen molar-refractivity contribution in [2.45, 2.75) is 31.4 Å². The van der Waals surface area contributed by atoms with Gasteiger partial charge in [-0.25, -0.2) is 0 Å². The average molecular weight is 261 g/mol. The van der Waals surface area contributed by atoms with E-state index in [4.69, 9.17) is 9.47 Å². The van der Waals surface area contributed by atoms with Crippen molar-refractivity contribution in [3.8, 4) is 0 Å². The molecule has 2 heterocycles. The zero-order chi connectivity index (χ0) is 13.1. The molecule has 3 atom stereocenters. The number of fused-ring (bicyclic) bond motifs is 1. The van der Waals surface area contributed by atoms with Crippen LogP contribution >= 0.6 is 0 Å². The molecule has 1 aromatic carbocycles. The second-order valence-electron chi connectivity index (χ2n) is 5.53. The predicted octanol–water partition coefficient (Wildman–Crippen LogP) is 2.32. The average Bonchev–Trinajstić information content (AvgIpc) is 2.49. The molecular weight excluding hydrogens is 238 g/mol. The SMILES string of the molecule is CNC(C1CCCOC1)C1OCCc2ccccc21. The molecular formula is C16H23NO2. The van der Waals surface area contributed by atoms with Gasteiger partial charge in [-0.05, 0) is 37.4 Å². The van der Waals surface area contributed by atoms with Crippen molar-refractivity contribution in [2.24, 2.45) is 5.92 Å². The molecule has 3 heteroatoms. The maximum absolute atomic E-state index is 6.09. The van der Waals surface area contributed by atoms with Crippen molar-refractivity contribution in [3.05, 3.63) is 35.4 Å². The van der Waals surface area contributed by atoms with Gasteiger partial charge in [0.2, 0.25) is 0 Å². The Morgan fingerprint density at radius 2 is 2.16 bits per heavy atom. The lowest BCUT2D eigenvalue weighted by Crippen LogP contribution is -2.44. The molecule has 0 amide bonds. The Kier molecular flexibility index (Phi) is 4.16. The summed E-state index contributed by atoms with van der Waals surface area (Å²) in [5.74, 6) is 0.551. The minimum absolute atomic E-state index is 0.168. The van der Waals surface area contributed by atoms with Crippen LogP contribution in [0.2, 0.25) is 0 Å². The van der Waals surface area contributed by atoms with Gasteiger partial charge >= 0.3 is 0 Å². The molecule has 3 unspecified atom stereocenters. The van der Waals surface area contributed by atoms with E-state index in [0.29, 0.717) is 12.0 Å². The van der Waals surface area contributed by atoms with Gasteiger partial charge in [0.1, 0.15) is 0 Å². The molecule has 0 aliphatic carbocycles. The van der Waals surface area contributed by atoms with Crippen LogP contribution in [0.4, 0.5) is 0 Å². The maximum atomic E-state index is 6.09. The fraction of sp³-hybridized carbons (Fsp3) is 0.625. The fourth-order valence-electron chi connectivity index (χ4n) is 3.41. The molecule has 1 fully saturated rings. The van der Waals surface area contributed by atoms with Gasteiger partial charge in [-0.15, -0.1) is 0 Å². The third kappa shape index (κ3) is 2.69. The summed E-state index contributed by atoms with van der Waals surface area (Å²) < 4.78 is 11.7. The van der Waals surface area contributed by atoms with Crippen LogP contribution in [0.3, 0.4) is 0 Å². The van der Waals surface area contributed by atoms with E-state index in [2.05, 4.69) is 29.6 Å². The highest BCUT2D eigenvalue weighted by atomic mass is 16.5. The summed E-state index contributed by atoms with van der Waals surface area (Å²) in [6, 6.07) is 9.04. The highest BCUT2D eigenvalue weighted by molar-refractivity contribution is 5.32. The first-order valence-electron chi connectivity index (χ1n) is 7.34. The largest absolute Gasteiger partial charge is 0.381 e. The highest BCUT2D eigenvalue weighted by Crippen LogP contribution is 2.34. The summed E-state index contributed by atoms with van der Waals surface area (Å²) in [4.78, 5) is 0. The third-order valence-corrected chi connectivity index (χ3v) is 4.39. The predicted molar refractivity (Wildman–Crippen MR) is 75.2 cm³/mol. The van der Waals surface area contributed by atoms with Gasteiger partial charge in [0.15, 0.2) is 0 Å². The van der Waals surface area contributed by atoms with E-state index in [1.807, 2.05) is 7.05 Å². The number of ether oxygens (including phenoxy) is 2. The Balaban J connectivity index is 1.83. The Morgan fingerprint density at radius 3 is 2.95 bits per heavy atom. The molecule has 104 valence electrons. The Hall–Kier alpha value is -0.900. The summed E-state index contributed by atoms with van der Waals surface area (Å²) in [7, 11) is 2.04. The highest BCUT2D eigenvalue weighted by Gasteiger charge is 2.34. The van der Waals surface area contributed by atoms with E-state index in [1.165, 1.54) is 17.5 Å². The molecule has 3 rings (SSSR count). The van der Waals surface area contributed by atoms with Crippen LogP contribution < -0.4 is 5.32 Å². The molecule has 2 aliphatic heterocycles. The fourth-order valence-corrected chi connectivity index (χ4v) is 3.41. The Bertz CT molecular complexity index is 415. The maximum Gasteiger partial charge on any atom is 0.0984 e. The van der Waals surface area contributed by atoms with Crippen LogP contribution in [0.5, 0.6) is 0 Å². The molecule has 0 radical (unpaired) electrons. The van der Waals surface area contributed by atoms with Crippen molar-refractivity contribution >= 4 is 0 Å². The smallest absolute Gasteiger partial charge is 0.0984 e. The first kappa shape index (κ1) is 13.1. The summed E-state index contributed by atoms with van der Waals surface area (Å²) in [6.07, 6.45) is 3.59. The van der Waals surface area contributed by atoms with Crippen molar-refractivity contribution in [3.63, 3.8) is 0 Å². The third-order valence-electron chi connectivity index (χ3n) is 4.39. The van der Waals surface area contributed by atoms with Gasteiger partial charge in [-0.3, -0.25) is 0 Å². The quantitative estimate of drug-likeness (QED) is 0.905. The first-order chi connectivity index (χ1) is 9.40. The van der Waals surface area contributed by atoms with E-state index < -0.39 is 0 Å². The van der Waals surface area contributed by atoms with Gasteiger partial charge in [0.05, 0.1) is 19.3 Å². The number of hydrogen-bond acceptors (Lipinski definition) is 3. The van der Waals surface area contributed by atoms with Crippen LogP contribution in [-0.2, 0) is 15.9 Å². The number of likely N-dealkylation sites (N-methyl/N-ethyl adjacent to an activating group) is 1. The summed E-state index contributed by atoms with van der Waals surface area (Å²) in [6.45, 7) is 2.59. The van der Waals surface area contributed by atoms with E-state index in [0.717, 1.165) is 32.7 Å². The topological polar surface area (TPSA) is 30.5 Å². The summed E-state index contributed by atoms with van der Waals surface area (Å²) >= 11 is 0. The van der Waals surface area contributed by atoms with Gasteiger partial charge in [-0.2, -0.15) is 0 Å². The van der Waals surface area contributed by atoms with E-state index >= 15 is 0 Å². The zero-order valence-corrected chi connectivity index (χ0v) is 11.6. The van der Waals surface area contributed by atoms with Crippen molar-refractivity contribution in [1.29, 1.82) is 0 Å². The van der Waals surface area contributed by atoms with E-state index in [9.17, 15) is 0 Å². The van der Waals surface area contributed by atoms with E-state index in [1.54, 1.807) is 0 Å². The number of hydrogen-bond donors (Lipinski definition) is 1. The minimum atomic E-state index is 0.168. The first-order valence-corrected chi connectivity index (χ1v) is 7.34. The molecule has 19 heavy (non-hydrogen) atoms. The molecule has 0 saturated carbocycles. The molecule has 0 spiro atoms. The molecule has 3 nitrogen and oxygen atoms in total. The van der Waals surface area contributed by atoms with Gasteiger partial charge in [0.25, 0.3) is 0 Å². The van der Waals surface area contributed by atoms with Gasteiger partial charge in [0, 0.05) is 18.6 Å². The van der Waals surface area contributed by atoms with Gasteiger partial charge in [-0.1, -0.05) is 24.3 Å². The molecule has 2 aliphatic rings. The van der Waals surface area contributed by atoms with Crippen LogP contribution in [0, 0.1) is 5.92 Å². The van der Waals surface area contributed by atoms with E-state index in [-0.39, 0.29) is 6.10 Å². The number of rotatable bonds is 3. The summed E-state index contributed by atoms with van der Waals surface area (Å²) in [5.41, 5.74) is 2.80. The molecule has 1 aromatic rings. The van der Waals surface area contributed by atoms with Crippen molar-refractivity contribution in [2.75, 3.05) is 26.9 Å². The number of nitrogens with one attached hydrogen (secondary N) is 1. The lowest BCUT2D eigenvalue weighted by atomic mass is 9.84. The minimum Gasteiger partial charge on any atom is -0.381 e. The van der Waals surface area contributed by atoms with Crippen LogP contribution in [0.25, 0.3) is 0 Å². The zero-order valence-electron chi connectivity index (χ0n) is 11.6. The van der Waals surface area contributed by atoms with Crippen LogP contribution in [0.1, 0.15) is 30.1 Å². The second-order valence-corrected chi connectivity index (χ2v) is 5.53. The van der Waals surface area contributed by atoms with Crippen molar-refractivity contribution < 1.29 is 9.47 Å². The van der Waals surface area contributed by atoms with Crippen LogP contribution in [0.15, 0.2) is 24.3 Å². The normalized spacial score (nSPS) is 28.7. The molecule has 1 saturated heterocycles. The summed E-state index contributed by atoms with van der Waals surface area (Å²) in [5, 5.41) is 3.48.